The fourth-order valence-corrected chi connectivity index (χ4v) is 7.73. The Balaban J connectivity index is 1.36. The summed E-state index contributed by atoms with van der Waals surface area (Å²) in [5.41, 5.74) is 0.608. The fourth-order valence-electron chi connectivity index (χ4n) is 4.47. The Kier molecular flexibility index (Phi) is 7.63. The van der Waals surface area contributed by atoms with E-state index < -0.39 is 26.0 Å². The molecule has 2 aromatic rings. The van der Waals surface area contributed by atoms with Crippen LogP contribution in [0.5, 0.6) is 0 Å². The molecule has 2 aromatic carbocycles. The summed E-state index contributed by atoms with van der Waals surface area (Å²) in [4.78, 5) is 15.1. The summed E-state index contributed by atoms with van der Waals surface area (Å²) in [6, 6.07) is 15.0. The Morgan fingerprint density at radius 2 is 1.59 bits per heavy atom. The number of piperidine rings is 1. The molecule has 184 valence electrons. The molecule has 2 saturated heterocycles. The topological polar surface area (TPSA) is 95.1 Å². The summed E-state index contributed by atoms with van der Waals surface area (Å²) in [6.45, 7) is 1.53. The van der Waals surface area contributed by atoms with E-state index in [2.05, 4.69) is 0 Å². The van der Waals surface area contributed by atoms with Crippen molar-refractivity contribution in [2.24, 2.45) is 5.92 Å². The molecule has 0 unspecified atom stereocenters. The van der Waals surface area contributed by atoms with Crippen molar-refractivity contribution in [3.63, 3.8) is 0 Å². The van der Waals surface area contributed by atoms with Crippen molar-refractivity contribution in [2.75, 3.05) is 39.3 Å². The Morgan fingerprint density at radius 1 is 0.882 bits per heavy atom. The van der Waals surface area contributed by atoms with Crippen molar-refractivity contribution < 1.29 is 21.6 Å². The molecule has 34 heavy (non-hydrogen) atoms. The number of rotatable bonds is 6. The smallest absolute Gasteiger partial charge is 0.243 e. The van der Waals surface area contributed by atoms with Gasteiger partial charge in [-0.3, -0.25) is 4.79 Å². The van der Waals surface area contributed by atoms with E-state index in [0.29, 0.717) is 30.0 Å². The molecule has 4 rings (SSSR count). The lowest BCUT2D eigenvalue weighted by atomic mass is 9.98. The normalized spacial score (nSPS) is 20.9. The van der Waals surface area contributed by atoms with Crippen LogP contribution in [0.1, 0.15) is 18.4 Å². The molecule has 0 spiro atoms. The molecule has 0 radical (unpaired) electrons. The molecule has 1 amide bonds. The average Bonchev–Trinajstić information content (AvgIpc) is 2.84. The van der Waals surface area contributed by atoms with Crippen LogP contribution < -0.4 is 0 Å². The monoisotopic (exact) mass is 525 g/mol. The molecule has 2 aliphatic heterocycles. The highest BCUT2D eigenvalue weighted by atomic mass is 35.5. The second-order valence-electron chi connectivity index (χ2n) is 8.63. The first kappa shape index (κ1) is 25.1. The van der Waals surface area contributed by atoms with E-state index in [1.807, 2.05) is 0 Å². The minimum Gasteiger partial charge on any atom is -0.340 e. The van der Waals surface area contributed by atoms with Gasteiger partial charge in [-0.05, 0) is 42.7 Å². The van der Waals surface area contributed by atoms with E-state index in [0.717, 1.165) is 0 Å². The summed E-state index contributed by atoms with van der Waals surface area (Å²) in [5.74, 6) is -0.704. The number of benzene rings is 2. The lowest BCUT2D eigenvalue weighted by Crippen LogP contribution is -2.54. The van der Waals surface area contributed by atoms with Crippen LogP contribution in [0.2, 0.25) is 5.02 Å². The van der Waals surface area contributed by atoms with Gasteiger partial charge in [0.1, 0.15) is 0 Å². The Hall–Kier alpha value is -1.98. The largest absolute Gasteiger partial charge is 0.340 e. The molecule has 2 heterocycles. The van der Waals surface area contributed by atoms with E-state index in [1.54, 1.807) is 59.5 Å². The number of sulfonamides is 2. The SMILES string of the molecule is O=C([C@H]1CCCN(S(=O)(=O)Cc2cccc(Cl)c2)C1)N1CCN(S(=O)(=O)c2ccccc2)CC1. The van der Waals surface area contributed by atoms with E-state index in [-0.39, 0.29) is 49.3 Å². The van der Waals surface area contributed by atoms with Crippen molar-refractivity contribution in [1.82, 2.24) is 13.5 Å². The van der Waals surface area contributed by atoms with E-state index in [4.69, 9.17) is 11.6 Å². The third-order valence-corrected chi connectivity index (χ3v) is 10.3. The van der Waals surface area contributed by atoms with Gasteiger partial charge in [-0.1, -0.05) is 41.9 Å². The van der Waals surface area contributed by atoms with Crippen molar-refractivity contribution in [3.05, 3.63) is 65.2 Å². The van der Waals surface area contributed by atoms with Gasteiger partial charge in [-0.25, -0.2) is 21.1 Å². The van der Waals surface area contributed by atoms with Gasteiger partial charge in [0.15, 0.2) is 0 Å². The van der Waals surface area contributed by atoms with Crippen LogP contribution in [0.25, 0.3) is 0 Å². The van der Waals surface area contributed by atoms with Crippen molar-refractivity contribution in [2.45, 2.75) is 23.5 Å². The maximum atomic E-state index is 13.2. The van der Waals surface area contributed by atoms with Gasteiger partial charge >= 0.3 is 0 Å². The number of carbonyl (C=O) groups is 1. The summed E-state index contributed by atoms with van der Waals surface area (Å²) < 4.78 is 54.4. The first-order valence-electron chi connectivity index (χ1n) is 11.2. The average molecular weight is 526 g/mol. The molecule has 2 aliphatic rings. The summed E-state index contributed by atoms with van der Waals surface area (Å²) in [5, 5.41) is 0.479. The Labute approximate surface area is 206 Å². The first-order valence-corrected chi connectivity index (χ1v) is 14.7. The first-order chi connectivity index (χ1) is 16.2. The molecule has 2 fully saturated rings. The zero-order valence-electron chi connectivity index (χ0n) is 18.7. The zero-order valence-corrected chi connectivity index (χ0v) is 21.1. The standard InChI is InChI=1S/C23H28ClN3O5S2/c24-21-8-4-6-19(16-21)18-33(29,30)27-11-5-7-20(17-27)23(28)25-12-14-26(15-13-25)34(31,32)22-9-2-1-3-10-22/h1-4,6,8-10,16,20H,5,7,11-15,17-18H2/t20-/m0/s1. The fraction of sp³-hybridized carbons (Fsp3) is 0.435. The molecule has 0 N–H and O–H groups in total. The number of hydrogen-bond donors (Lipinski definition) is 0. The minimum absolute atomic E-state index is 0.112. The number of piperazine rings is 1. The lowest BCUT2D eigenvalue weighted by molar-refractivity contribution is -0.137. The quantitative estimate of drug-likeness (QED) is 0.577. The summed E-state index contributed by atoms with van der Waals surface area (Å²) in [6.07, 6.45) is 1.22. The van der Waals surface area contributed by atoms with Gasteiger partial charge in [-0.15, -0.1) is 0 Å². The highest BCUT2D eigenvalue weighted by Crippen LogP contribution is 2.25. The van der Waals surface area contributed by atoms with Gasteiger partial charge in [0.05, 0.1) is 16.6 Å². The van der Waals surface area contributed by atoms with Crippen LogP contribution in [0.15, 0.2) is 59.5 Å². The van der Waals surface area contributed by atoms with Crippen molar-refractivity contribution >= 4 is 37.6 Å². The van der Waals surface area contributed by atoms with Gasteiger partial charge in [0.2, 0.25) is 26.0 Å². The van der Waals surface area contributed by atoms with E-state index >= 15 is 0 Å². The molecule has 0 aliphatic carbocycles. The molecular formula is C23H28ClN3O5S2. The van der Waals surface area contributed by atoms with Gasteiger partial charge < -0.3 is 4.90 Å². The molecule has 11 heteroatoms. The number of halogens is 1. The molecule has 0 bridgehead atoms. The Morgan fingerprint density at radius 3 is 2.26 bits per heavy atom. The number of hydrogen-bond acceptors (Lipinski definition) is 5. The van der Waals surface area contributed by atoms with Crippen LogP contribution in [0.4, 0.5) is 0 Å². The minimum atomic E-state index is -3.60. The molecule has 0 saturated carbocycles. The predicted octanol–water partition coefficient (Wildman–Crippen LogP) is 2.41. The van der Waals surface area contributed by atoms with Crippen LogP contribution in [-0.2, 0) is 30.6 Å². The molecule has 8 nitrogen and oxygen atoms in total. The van der Waals surface area contributed by atoms with Crippen LogP contribution in [0.3, 0.4) is 0 Å². The van der Waals surface area contributed by atoms with Crippen molar-refractivity contribution in [3.8, 4) is 0 Å². The summed E-state index contributed by atoms with van der Waals surface area (Å²) >= 11 is 5.98. The Bertz CT molecular complexity index is 1230. The van der Waals surface area contributed by atoms with Crippen LogP contribution in [-0.4, -0.2) is 75.5 Å². The molecule has 0 aromatic heterocycles. The second kappa shape index (κ2) is 10.3. The second-order valence-corrected chi connectivity index (χ2v) is 13.0. The zero-order chi connectivity index (χ0) is 24.3. The molecule has 1 atom stereocenters. The van der Waals surface area contributed by atoms with Gasteiger partial charge in [0.25, 0.3) is 0 Å². The maximum absolute atomic E-state index is 13.2. The third kappa shape index (κ3) is 5.63. The van der Waals surface area contributed by atoms with Crippen LogP contribution >= 0.6 is 11.6 Å². The van der Waals surface area contributed by atoms with Crippen LogP contribution in [0, 0.1) is 5.92 Å². The highest BCUT2D eigenvalue weighted by Gasteiger charge is 2.36. The number of amides is 1. The van der Waals surface area contributed by atoms with E-state index in [1.165, 1.54) is 8.61 Å². The molecular weight excluding hydrogens is 498 g/mol. The van der Waals surface area contributed by atoms with Gasteiger partial charge in [-0.2, -0.15) is 4.31 Å². The predicted molar refractivity (Wildman–Crippen MR) is 130 cm³/mol. The third-order valence-electron chi connectivity index (χ3n) is 6.30. The number of carbonyl (C=O) groups excluding carboxylic acids is 1. The maximum Gasteiger partial charge on any atom is 0.243 e. The highest BCUT2D eigenvalue weighted by molar-refractivity contribution is 7.89. The summed E-state index contributed by atoms with van der Waals surface area (Å²) in [7, 11) is -7.19. The van der Waals surface area contributed by atoms with Gasteiger partial charge in [0, 0.05) is 44.3 Å². The van der Waals surface area contributed by atoms with Crippen molar-refractivity contribution in [1.29, 1.82) is 0 Å². The lowest BCUT2D eigenvalue weighted by Gasteiger charge is -2.38. The van der Waals surface area contributed by atoms with E-state index in [9.17, 15) is 21.6 Å². The number of nitrogens with zero attached hydrogens (tertiary/aromatic N) is 3.